The summed E-state index contributed by atoms with van der Waals surface area (Å²) < 4.78 is 0. The van der Waals surface area contributed by atoms with Gasteiger partial charge >= 0.3 is 5.97 Å². The second-order valence-corrected chi connectivity index (χ2v) is 4.12. The van der Waals surface area contributed by atoms with Gasteiger partial charge in [-0.2, -0.15) is 5.26 Å². The molecule has 17 heavy (non-hydrogen) atoms. The molecular formula is C13H16N2O2. The van der Waals surface area contributed by atoms with Crippen LogP contribution in [0.5, 0.6) is 0 Å². The molecule has 0 spiro atoms. The van der Waals surface area contributed by atoms with Crippen LogP contribution in [0.1, 0.15) is 18.5 Å². The highest BCUT2D eigenvalue weighted by atomic mass is 16.4. The number of carboxylic acid groups (broad SMARTS) is 1. The molecule has 0 fully saturated rings. The average Bonchev–Trinajstić information content (AvgIpc) is 2.29. The molecule has 1 aromatic carbocycles. The summed E-state index contributed by atoms with van der Waals surface area (Å²) in [5.41, 5.74) is 0.729. The molecule has 0 aliphatic rings. The third kappa shape index (κ3) is 3.58. The molecule has 2 unspecified atom stereocenters. The smallest absolute Gasteiger partial charge is 0.325 e. The molecule has 90 valence electrons. The standard InChI is InChI=1S/C13H16N2O2/c1-10(8-14)9-15(2)12(13(16)17)11-6-4-3-5-7-11/h3-7,10,12H,9H2,1-2H3,(H,16,17). The van der Waals surface area contributed by atoms with Crippen LogP contribution in [-0.2, 0) is 4.79 Å². The first-order valence-electron chi connectivity index (χ1n) is 5.44. The molecule has 0 aliphatic carbocycles. The van der Waals surface area contributed by atoms with Gasteiger partial charge in [-0.25, -0.2) is 0 Å². The third-order valence-electron chi connectivity index (χ3n) is 2.57. The average molecular weight is 232 g/mol. The Morgan fingerprint density at radius 1 is 1.47 bits per heavy atom. The number of benzene rings is 1. The van der Waals surface area contributed by atoms with E-state index in [1.165, 1.54) is 0 Å². The van der Waals surface area contributed by atoms with Crippen LogP contribution in [0.4, 0.5) is 0 Å². The van der Waals surface area contributed by atoms with Gasteiger partial charge in [0, 0.05) is 6.54 Å². The monoisotopic (exact) mass is 232 g/mol. The number of carbonyl (C=O) groups is 1. The zero-order valence-corrected chi connectivity index (χ0v) is 10.00. The van der Waals surface area contributed by atoms with E-state index in [1.54, 1.807) is 31.0 Å². The van der Waals surface area contributed by atoms with Gasteiger partial charge in [0.1, 0.15) is 6.04 Å². The fourth-order valence-corrected chi connectivity index (χ4v) is 1.80. The molecule has 0 heterocycles. The van der Waals surface area contributed by atoms with Gasteiger partial charge in [0.25, 0.3) is 0 Å². The minimum absolute atomic E-state index is 0.189. The van der Waals surface area contributed by atoms with Gasteiger partial charge in [0.2, 0.25) is 0 Å². The van der Waals surface area contributed by atoms with Crippen molar-refractivity contribution in [3.05, 3.63) is 35.9 Å². The van der Waals surface area contributed by atoms with Crippen molar-refractivity contribution in [3.8, 4) is 6.07 Å². The highest BCUT2D eigenvalue weighted by Gasteiger charge is 2.25. The maximum atomic E-state index is 11.3. The number of hydrogen-bond acceptors (Lipinski definition) is 3. The molecule has 0 aromatic heterocycles. The second kappa shape index (κ2) is 6.02. The largest absolute Gasteiger partial charge is 0.480 e. The summed E-state index contributed by atoms with van der Waals surface area (Å²) in [6, 6.07) is 10.4. The van der Waals surface area contributed by atoms with E-state index in [1.807, 2.05) is 18.2 Å². The Labute approximate surface area is 101 Å². The summed E-state index contributed by atoms with van der Waals surface area (Å²) in [4.78, 5) is 13.0. The Balaban J connectivity index is 2.88. The summed E-state index contributed by atoms with van der Waals surface area (Å²) >= 11 is 0. The van der Waals surface area contributed by atoms with Gasteiger partial charge in [0.05, 0.1) is 12.0 Å². The van der Waals surface area contributed by atoms with Crippen molar-refractivity contribution in [1.82, 2.24) is 4.90 Å². The van der Waals surface area contributed by atoms with Crippen LogP contribution in [-0.4, -0.2) is 29.6 Å². The van der Waals surface area contributed by atoms with Crippen molar-refractivity contribution in [3.63, 3.8) is 0 Å². The molecule has 0 bridgehead atoms. The molecule has 4 heteroatoms. The van der Waals surface area contributed by atoms with E-state index in [0.717, 1.165) is 5.56 Å². The van der Waals surface area contributed by atoms with E-state index in [9.17, 15) is 9.90 Å². The van der Waals surface area contributed by atoms with Gasteiger partial charge < -0.3 is 5.11 Å². The quantitative estimate of drug-likeness (QED) is 0.842. The normalized spacial score (nSPS) is 14.0. The first-order chi connectivity index (χ1) is 8.06. The molecule has 0 aliphatic heterocycles. The Bertz CT molecular complexity index is 411. The lowest BCUT2D eigenvalue weighted by Gasteiger charge is -2.25. The number of carboxylic acids is 1. The second-order valence-electron chi connectivity index (χ2n) is 4.12. The van der Waals surface area contributed by atoms with E-state index in [4.69, 9.17) is 5.26 Å². The number of nitriles is 1. The lowest BCUT2D eigenvalue weighted by molar-refractivity contribution is -0.143. The number of nitrogens with zero attached hydrogens (tertiary/aromatic N) is 2. The van der Waals surface area contributed by atoms with E-state index in [2.05, 4.69) is 6.07 Å². The zero-order chi connectivity index (χ0) is 12.8. The van der Waals surface area contributed by atoms with Gasteiger partial charge in [-0.1, -0.05) is 30.3 Å². The Morgan fingerprint density at radius 2 is 2.06 bits per heavy atom. The van der Waals surface area contributed by atoms with Crippen molar-refractivity contribution >= 4 is 5.97 Å². The van der Waals surface area contributed by atoms with Crippen LogP contribution in [0.2, 0.25) is 0 Å². The molecule has 1 rings (SSSR count). The molecule has 0 amide bonds. The molecule has 4 nitrogen and oxygen atoms in total. The first kappa shape index (κ1) is 13.2. The maximum absolute atomic E-state index is 11.3. The Hall–Kier alpha value is -1.86. The summed E-state index contributed by atoms with van der Waals surface area (Å²) in [5.74, 6) is -1.09. The SMILES string of the molecule is CC(C#N)CN(C)C(C(=O)O)c1ccccc1. The van der Waals surface area contributed by atoms with Crippen LogP contribution in [0.15, 0.2) is 30.3 Å². The van der Waals surface area contributed by atoms with Gasteiger partial charge in [-0.05, 0) is 19.5 Å². The summed E-state index contributed by atoms with van der Waals surface area (Å²) in [5, 5.41) is 18.0. The Kier molecular flexibility index (Phi) is 4.68. The molecule has 2 atom stereocenters. The fraction of sp³-hybridized carbons (Fsp3) is 0.385. The highest BCUT2D eigenvalue weighted by molar-refractivity contribution is 5.75. The van der Waals surface area contributed by atoms with Crippen molar-refractivity contribution in [1.29, 1.82) is 5.26 Å². The third-order valence-corrected chi connectivity index (χ3v) is 2.57. The predicted octanol–water partition coefficient (Wildman–Crippen LogP) is 1.90. The van der Waals surface area contributed by atoms with Crippen LogP contribution < -0.4 is 0 Å². The summed E-state index contributed by atoms with van der Waals surface area (Å²) in [6.07, 6.45) is 0. The topological polar surface area (TPSA) is 64.3 Å². The van der Waals surface area contributed by atoms with Crippen molar-refractivity contribution in [2.24, 2.45) is 5.92 Å². The molecule has 0 saturated heterocycles. The van der Waals surface area contributed by atoms with E-state index in [0.29, 0.717) is 6.54 Å². The lowest BCUT2D eigenvalue weighted by atomic mass is 10.0. The summed E-state index contributed by atoms with van der Waals surface area (Å²) in [6.45, 7) is 2.21. The number of rotatable bonds is 5. The van der Waals surface area contributed by atoms with Crippen LogP contribution in [0.25, 0.3) is 0 Å². The minimum atomic E-state index is -0.899. The van der Waals surface area contributed by atoms with Gasteiger partial charge in [0.15, 0.2) is 0 Å². The molecule has 0 saturated carbocycles. The molecule has 1 N–H and O–H groups in total. The molecule has 0 radical (unpaired) electrons. The first-order valence-corrected chi connectivity index (χ1v) is 5.44. The minimum Gasteiger partial charge on any atom is -0.480 e. The zero-order valence-electron chi connectivity index (χ0n) is 10.00. The Morgan fingerprint density at radius 3 is 2.53 bits per heavy atom. The lowest BCUT2D eigenvalue weighted by Crippen LogP contribution is -2.33. The van der Waals surface area contributed by atoms with E-state index in [-0.39, 0.29) is 5.92 Å². The molecule has 1 aromatic rings. The van der Waals surface area contributed by atoms with Crippen LogP contribution >= 0.6 is 0 Å². The number of likely N-dealkylation sites (N-methyl/N-ethyl adjacent to an activating group) is 1. The summed E-state index contributed by atoms with van der Waals surface area (Å²) in [7, 11) is 1.72. The van der Waals surface area contributed by atoms with E-state index < -0.39 is 12.0 Å². The number of hydrogen-bond donors (Lipinski definition) is 1. The van der Waals surface area contributed by atoms with Crippen LogP contribution in [0, 0.1) is 17.2 Å². The van der Waals surface area contributed by atoms with Crippen molar-refractivity contribution in [2.75, 3.05) is 13.6 Å². The number of aliphatic carboxylic acids is 1. The van der Waals surface area contributed by atoms with E-state index >= 15 is 0 Å². The van der Waals surface area contributed by atoms with Crippen LogP contribution in [0.3, 0.4) is 0 Å². The van der Waals surface area contributed by atoms with Crippen molar-refractivity contribution < 1.29 is 9.90 Å². The maximum Gasteiger partial charge on any atom is 0.325 e. The predicted molar refractivity (Wildman–Crippen MR) is 64.2 cm³/mol. The van der Waals surface area contributed by atoms with Gasteiger partial charge in [-0.3, -0.25) is 9.69 Å². The highest BCUT2D eigenvalue weighted by Crippen LogP contribution is 2.20. The fourth-order valence-electron chi connectivity index (χ4n) is 1.80. The molecular weight excluding hydrogens is 216 g/mol. The van der Waals surface area contributed by atoms with Crippen molar-refractivity contribution in [2.45, 2.75) is 13.0 Å². The van der Waals surface area contributed by atoms with Gasteiger partial charge in [-0.15, -0.1) is 0 Å².